The Balaban J connectivity index is 1.68. The fourth-order valence-electron chi connectivity index (χ4n) is 3.17. The third kappa shape index (κ3) is 3.83. The van der Waals surface area contributed by atoms with Crippen molar-refractivity contribution in [2.45, 2.75) is 0 Å². The van der Waals surface area contributed by atoms with Crippen molar-refractivity contribution in [1.29, 1.82) is 0 Å². The molecular formula is C19H20FN3O5. The molecule has 2 aromatic rings. The van der Waals surface area contributed by atoms with Gasteiger partial charge in [0.15, 0.2) is 17.3 Å². The minimum Gasteiger partial charge on any atom is -0.493 e. The fraction of sp³-hybridized carbons (Fsp3) is 0.316. The van der Waals surface area contributed by atoms with Gasteiger partial charge in [0.25, 0.3) is 11.6 Å². The number of carbonyl (C=O) groups excluding carboxylic acids is 1. The minimum atomic E-state index is -0.645. The Morgan fingerprint density at radius 3 is 2.29 bits per heavy atom. The predicted molar refractivity (Wildman–Crippen MR) is 101 cm³/mol. The maximum atomic E-state index is 14.2. The van der Waals surface area contributed by atoms with Crippen molar-refractivity contribution in [1.82, 2.24) is 4.90 Å². The molecule has 0 atom stereocenters. The van der Waals surface area contributed by atoms with E-state index < -0.39 is 10.7 Å². The van der Waals surface area contributed by atoms with Crippen LogP contribution in [0.2, 0.25) is 0 Å². The summed E-state index contributed by atoms with van der Waals surface area (Å²) in [6.07, 6.45) is 0. The van der Waals surface area contributed by atoms with E-state index in [9.17, 15) is 19.3 Å². The molecule has 148 valence electrons. The first-order valence-corrected chi connectivity index (χ1v) is 8.64. The van der Waals surface area contributed by atoms with Crippen LogP contribution in [0.25, 0.3) is 0 Å². The van der Waals surface area contributed by atoms with Crippen LogP contribution < -0.4 is 14.4 Å². The van der Waals surface area contributed by atoms with Crippen molar-refractivity contribution < 1.29 is 23.6 Å². The van der Waals surface area contributed by atoms with E-state index in [1.165, 1.54) is 26.4 Å². The second-order valence-corrected chi connectivity index (χ2v) is 6.24. The lowest BCUT2D eigenvalue weighted by molar-refractivity contribution is -0.385. The predicted octanol–water partition coefficient (Wildman–Crippen LogP) is 2.71. The first kappa shape index (κ1) is 19.4. The molecule has 1 heterocycles. The number of hydrogen-bond donors (Lipinski definition) is 0. The maximum Gasteiger partial charge on any atom is 0.272 e. The van der Waals surface area contributed by atoms with Crippen LogP contribution >= 0.6 is 0 Å². The highest BCUT2D eigenvalue weighted by atomic mass is 19.1. The van der Waals surface area contributed by atoms with Gasteiger partial charge in [-0.2, -0.15) is 0 Å². The van der Waals surface area contributed by atoms with E-state index in [-0.39, 0.29) is 11.6 Å². The number of benzene rings is 2. The number of ether oxygens (including phenoxy) is 2. The molecule has 0 spiro atoms. The smallest absolute Gasteiger partial charge is 0.272 e. The fourth-order valence-corrected chi connectivity index (χ4v) is 3.17. The van der Waals surface area contributed by atoms with Gasteiger partial charge in [-0.15, -0.1) is 0 Å². The number of nitrogens with zero attached hydrogens (tertiary/aromatic N) is 3. The Bertz CT molecular complexity index is 897. The lowest BCUT2D eigenvalue weighted by Crippen LogP contribution is -2.49. The number of methoxy groups -OCH3 is 2. The van der Waals surface area contributed by atoms with E-state index in [4.69, 9.17) is 9.47 Å². The van der Waals surface area contributed by atoms with Gasteiger partial charge in [-0.25, -0.2) is 4.39 Å². The number of piperazine rings is 1. The molecule has 2 aromatic carbocycles. The molecule has 8 nitrogen and oxygen atoms in total. The van der Waals surface area contributed by atoms with E-state index in [2.05, 4.69) is 0 Å². The van der Waals surface area contributed by atoms with Crippen LogP contribution in [-0.4, -0.2) is 56.1 Å². The first-order chi connectivity index (χ1) is 13.4. The van der Waals surface area contributed by atoms with E-state index in [1.807, 2.05) is 0 Å². The zero-order valence-corrected chi connectivity index (χ0v) is 15.6. The van der Waals surface area contributed by atoms with Crippen LogP contribution in [-0.2, 0) is 0 Å². The number of rotatable bonds is 5. The molecule has 0 unspecified atom stereocenters. The number of hydrogen-bond acceptors (Lipinski definition) is 6. The largest absolute Gasteiger partial charge is 0.493 e. The highest BCUT2D eigenvalue weighted by molar-refractivity contribution is 5.95. The van der Waals surface area contributed by atoms with Crippen molar-refractivity contribution in [2.75, 3.05) is 45.3 Å². The molecule has 1 fully saturated rings. The van der Waals surface area contributed by atoms with Gasteiger partial charge >= 0.3 is 0 Å². The SMILES string of the molecule is COc1ccc(C(=O)N2CCN(c3ccc([N+](=O)[O-])cc3F)CC2)cc1OC. The standard InChI is InChI=1S/C19H20FN3O5/c1-27-17-6-3-13(11-18(17)28-2)19(24)22-9-7-21(8-10-22)16-5-4-14(23(25)26)12-15(16)20/h3-6,11-12H,7-10H2,1-2H3. The molecule has 0 N–H and O–H groups in total. The third-order valence-electron chi connectivity index (χ3n) is 4.68. The van der Waals surface area contributed by atoms with E-state index in [0.29, 0.717) is 48.9 Å². The Morgan fingerprint density at radius 2 is 1.71 bits per heavy atom. The Morgan fingerprint density at radius 1 is 1.04 bits per heavy atom. The zero-order chi connectivity index (χ0) is 20.3. The molecule has 0 saturated carbocycles. The molecular weight excluding hydrogens is 369 g/mol. The molecule has 0 radical (unpaired) electrons. The Kier molecular flexibility index (Phi) is 5.62. The summed E-state index contributed by atoms with van der Waals surface area (Å²) < 4.78 is 24.6. The van der Waals surface area contributed by atoms with Crippen LogP contribution in [0.15, 0.2) is 36.4 Å². The summed E-state index contributed by atoms with van der Waals surface area (Å²) in [6.45, 7) is 1.66. The number of carbonyl (C=O) groups is 1. The Hall–Kier alpha value is -3.36. The molecule has 1 aliphatic rings. The van der Waals surface area contributed by atoms with Crippen molar-refractivity contribution in [3.63, 3.8) is 0 Å². The van der Waals surface area contributed by atoms with Crippen LogP contribution in [0.5, 0.6) is 11.5 Å². The molecule has 1 aliphatic heterocycles. The van der Waals surface area contributed by atoms with Crippen LogP contribution in [0.1, 0.15) is 10.4 Å². The van der Waals surface area contributed by atoms with Gasteiger partial charge in [0.1, 0.15) is 0 Å². The summed E-state index contributed by atoms with van der Waals surface area (Å²) in [6, 6.07) is 8.57. The number of nitro groups is 1. The quantitative estimate of drug-likeness (QED) is 0.577. The topological polar surface area (TPSA) is 85.2 Å². The van der Waals surface area contributed by atoms with E-state index in [1.54, 1.807) is 28.0 Å². The number of halogens is 1. The van der Waals surface area contributed by atoms with Gasteiger partial charge in [0, 0.05) is 37.8 Å². The highest BCUT2D eigenvalue weighted by Crippen LogP contribution is 2.29. The van der Waals surface area contributed by atoms with Gasteiger partial charge in [0.05, 0.1) is 30.9 Å². The van der Waals surface area contributed by atoms with Crippen LogP contribution in [0.4, 0.5) is 15.8 Å². The molecule has 1 saturated heterocycles. The van der Waals surface area contributed by atoms with Gasteiger partial charge < -0.3 is 19.3 Å². The maximum absolute atomic E-state index is 14.2. The van der Waals surface area contributed by atoms with Crippen LogP contribution in [0, 0.1) is 15.9 Å². The molecule has 0 bridgehead atoms. The summed E-state index contributed by atoms with van der Waals surface area (Å²) in [5.74, 6) is 0.219. The normalized spacial score (nSPS) is 14.0. The number of amides is 1. The average molecular weight is 389 g/mol. The molecule has 28 heavy (non-hydrogen) atoms. The lowest BCUT2D eigenvalue weighted by Gasteiger charge is -2.36. The number of anilines is 1. The van der Waals surface area contributed by atoms with Crippen molar-refractivity contribution in [3.05, 3.63) is 57.9 Å². The van der Waals surface area contributed by atoms with Gasteiger partial charge in [-0.3, -0.25) is 14.9 Å². The summed E-state index contributed by atoms with van der Waals surface area (Å²) in [5, 5.41) is 10.7. The molecule has 0 aliphatic carbocycles. The van der Waals surface area contributed by atoms with Gasteiger partial charge in [-0.05, 0) is 24.3 Å². The average Bonchev–Trinajstić information content (AvgIpc) is 2.72. The van der Waals surface area contributed by atoms with Gasteiger partial charge in [0.2, 0.25) is 0 Å². The van der Waals surface area contributed by atoms with E-state index >= 15 is 0 Å². The molecule has 0 aromatic heterocycles. The second kappa shape index (κ2) is 8.12. The first-order valence-electron chi connectivity index (χ1n) is 8.64. The summed E-state index contributed by atoms with van der Waals surface area (Å²) in [5.41, 5.74) is 0.486. The lowest BCUT2D eigenvalue weighted by atomic mass is 10.1. The molecule has 9 heteroatoms. The summed E-state index contributed by atoms with van der Waals surface area (Å²) in [4.78, 5) is 26.3. The zero-order valence-electron chi connectivity index (χ0n) is 15.6. The summed E-state index contributed by atoms with van der Waals surface area (Å²) >= 11 is 0. The number of non-ortho nitro benzene ring substituents is 1. The van der Waals surface area contributed by atoms with E-state index in [0.717, 1.165) is 6.07 Å². The number of nitro benzene ring substituents is 1. The van der Waals surface area contributed by atoms with Crippen molar-refractivity contribution in [3.8, 4) is 11.5 Å². The van der Waals surface area contributed by atoms with Crippen LogP contribution in [0.3, 0.4) is 0 Å². The third-order valence-corrected chi connectivity index (χ3v) is 4.68. The molecule has 1 amide bonds. The summed E-state index contributed by atoms with van der Waals surface area (Å²) in [7, 11) is 3.03. The monoisotopic (exact) mass is 389 g/mol. The minimum absolute atomic E-state index is 0.148. The Labute approximate surface area is 161 Å². The second-order valence-electron chi connectivity index (χ2n) is 6.24. The highest BCUT2D eigenvalue weighted by Gasteiger charge is 2.25. The van der Waals surface area contributed by atoms with Crippen molar-refractivity contribution in [2.24, 2.45) is 0 Å². The van der Waals surface area contributed by atoms with Crippen molar-refractivity contribution >= 4 is 17.3 Å². The molecule has 3 rings (SSSR count). The van der Waals surface area contributed by atoms with Gasteiger partial charge in [-0.1, -0.05) is 0 Å².